The minimum atomic E-state index is -1.13. The molecule has 2 aromatic carbocycles. The molecule has 0 bridgehead atoms. The van der Waals surface area contributed by atoms with Gasteiger partial charge in [-0.15, -0.1) is 0 Å². The van der Waals surface area contributed by atoms with Crippen molar-refractivity contribution in [2.75, 3.05) is 7.05 Å². The van der Waals surface area contributed by atoms with Crippen molar-refractivity contribution in [3.05, 3.63) is 60.2 Å². The molecule has 4 heteroatoms. The van der Waals surface area contributed by atoms with Crippen molar-refractivity contribution >= 4 is 22.6 Å². The molecule has 0 saturated carbocycles. The second-order valence-electron chi connectivity index (χ2n) is 4.55. The number of fused-ring (bicyclic) bond motifs is 1. The molecule has 0 radical (unpaired) electrons. The summed E-state index contributed by atoms with van der Waals surface area (Å²) in [5.74, 6) is -1.46. The molecule has 0 atom stereocenters. The van der Waals surface area contributed by atoms with E-state index in [0.29, 0.717) is 6.54 Å². The summed E-state index contributed by atoms with van der Waals surface area (Å²) in [4.78, 5) is 23.5. The minimum Gasteiger partial charge on any atom is -0.478 e. The van der Waals surface area contributed by atoms with E-state index in [9.17, 15) is 9.59 Å². The average Bonchev–Trinajstić information content (AvgIpc) is 2.44. The number of benzene rings is 2. The van der Waals surface area contributed by atoms with Gasteiger partial charge in [-0.2, -0.15) is 0 Å². The highest BCUT2D eigenvalue weighted by Crippen LogP contribution is 2.16. The van der Waals surface area contributed by atoms with Crippen LogP contribution < -0.4 is 0 Å². The van der Waals surface area contributed by atoms with Gasteiger partial charge in [-0.3, -0.25) is 4.79 Å². The highest BCUT2D eigenvalue weighted by Gasteiger charge is 2.06. The largest absolute Gasteiger partial charge is 0.478 e. The maximum absolute atomic E-state index is 11.7. The van der Waals surface area contributed by atoms with Gasteiger partial charge < -0.3 is 10.0 Å². The van der Waals surface area contributed by atoms with E-state index in [1.165, 1.54) is 4.90 Å². The van der Waals surface area contributed by atoms with Crippen LogP contribution in [0.2, 0.25) is 0 Å². The van der Waals surface area contributed by atoms with Crippen LogP contribution in [0.25, 0.3) is 10.8 Å². The zero-order chi connectivity index (χ0) is 14.5. The summed E-state index contributed by atoms with van der Waals surface area (Å²) in [5, 5.41) is 10.8. The predicted octanol–water partition coefficient (Wildman–Crippen LogP) is 2.44. The molecule has 0 unspecified atom stereocenters. The van der Waals surface area contributed by atoms with E-state index in [0.717, 1.165) is 28.5 Å². The zero-order valence-corrected chi connectivity index (χ0v) is 11.1. The monoisotopic (exact) mass is 269 g/mol. The van der Waals surface area contributed by atoms with Crippen LogP contribution in [0, 0.1) is 0 Å². The Kier molecular flexibility index (Phi) is 4.15. The SMILES string of the molecule is CN(Cc1ccc2ccccc2c1)C(=O)/C=C/C(=O)O. The molecular weight excluding hydrogens is 254 g/mol. The van der Waals surface area contributed by atoms with Gasteiger partial charge in [0.25, 0.3) is 0 Å². The Morgan fingerprint density at radius 3 is 2.50 bits per heavy atom. The van der Waals surface area contributed by atoms with Gasteiger partial charge in [-0.1, -0.05) is 36.4 Å². The van der Waals surface area contributed by atoms with E-state index in [-0.39, 0.29) is 5.91 Å². The predicted molar refractivity (Wildman–Crippen MR) is 77.2 cm³/mol. The van der Waals surface area contributed by atoms with Crippen molar-refractivity contribution in [2.24, 2.45) is 0 Å². The first-order valence-electron chi connectivity index (χ1n) is 6.20. The average molecular weight is 269 g/mol. The summed E-state index contributed by atoms with van der Waals surface area (Å²) >= 11 is 0. The number of carboxylic acid groups (broad SMARTS) is 1. The molecule has 1 N–H and O–H groups in total. The highest BCUT2D eigenvalue weighted by molar-refractivity contribution is 5.93. The van der Waals surface area contributed by atoms with Gasteiger partial charge in [0.1, 0.15) is 0 Å². The Labute approximate surface area is 116 Å². The lowest BCUT2D eigenvalue weighted by molar-refractivity contribution is -0.132. The topological polar surface area (TPSA) is 57.6 Å². The third-order valence-electron chi connectivity index (χ3n) is 2.98. The lowest BCUT2D eigenvalue weighted by Gasteiger charge is -2.15. The van der Waals surface area contributed by atoms with Crippen molar-refractivity contribution in [2.45, 2.75) is 6.54 Å². The third kappa shape index (κ3) is 3.45. The first-order chi connectivity index (χ1) is 9.56. The number of hydrogen-bond donors (Lipinski definition) is 1. The molecule has 1 amide bonds. The first kappa shape index (κ1) is 13.8. The molecule has 102 valence electrons. The standard InChI is InChI=1S/C16H15NO3/c1-17(15(18)8-9-16(19)20)11-12-6-7-13-4-2-3-5-14(13)10-12/h2-10H,11H2,1H3,(H,19,20)/b9-8+. The van der Waals surface area contributed by atoms with Crippen LogP contribution in [0.5, 0.6) is 0 Å². The van der Waals surface area contributed by atoms with Crippen molar-refractivity contribution in [3.8, 4) is 0 Å². The minimum absolute atomic E-state index is 0.333. The molecule has 0 fully saturated rings. The summed E-state index contributed by atoms with van der Waals surface area (Å²) in [6.07, 6.45) is 1.91. The number of carbonyl (C=O) groups excluding carboxylic acids is 1. The summed E-state index contributed by atoms with van der Waals surface area (Å²) in [6, 6.07) is 14.0. The molecule has 0 aliphatic carbocycles. The second kappa shape index (κ2) is 6.02. The van der Waals surface area contributed by atoms with Crippen LogP contribution in [0.3, 0.4) is 0 Å². The van der Waals surface area contributed by atoms with Gasteiger partial charge in [0.15, 0.2) is 0 Å². The quantitative estimate of drug-likeness (QED) is 0.867. The number of rotatable bonds is 4. The van der Waals surface area contributed by atoms with Gasteiger partial charge in [0.2, 0.25) is 5.91 Å². The Bertz CT molecular complexity index is 676. The Morgan fingerprint density at radius 2 is 1.80 bits per heavy atom. The molecule has 0 heterocycles. The number of hydrogen-bond acceptors (Lipinski definition) is 2. The van der Waals surface area contributed by atoms with Crippen molar-refractivity contribution in [1.82, 2.24) is 4.90 Å². The molecule has 2 rings (SSSR count). The molecule has 0 aromatic heterocycles. The molecule has 0 aliphatic rings. The fourth-order valence-electron chi connectivity index (χ4n) is 1.96. The number of carbonyl (C=O) groups is 2. The fourth-order valence-corrected chi connectivity index (χ4v) is 1.96. The molecule has 0 spiro atoms. The Balaban J connectivity index is 2.11. The first-order valence-corrected chi connectivity index (χ1v) is 6.20. The maximum atomic E-state index is 11.7. The molecule has 0 aliphatic heterocycles. The van der Waals surface area contributed by atoms with Crippen LogP contribution in [-0.4, -0.2) is 28.9 Å². The van der Waals surface area contributed by atoms with E-state index in [4.69, 9.17) is 5.11 Å². The lowest BCUT2D eigenvalue weighted by Crippen LogP contribution is -2.24. The Hall–Kier alpha value is -2.62. The van der Waals surface area contributed by atoms with Gasteiger partial charge >= 0.3 is 5.97 Å². The van der Waals surface area contributed by atoms with Crippen LogP contribution >= 0.6 is 0 Å². The highest BCUT2D eigenvalue weighted by atomic mass is 16.4. The number of aliphatic carboxylic acids is 1. The Morgan fingerprint density at radius 1 is 1.10 bits per heavy atom. The van der Waals surface area contributed by atoms with Crippen molar-refractivity contribution in [1.29, 1.82) is 0 Å². The summed E-state index contributed by atoms with van der Waals surface area (Å²) < 4.78 is 0. The van der Waals surface area contributed by atoms with Crippen molar-refractivity contribution < 1.29 is 14.7 Å². The van der Waals surface area contributed by atoms with Crippen molar-refractivity contribution in [3.63, 3.8) is 0 Å². The van der Waals surface area contributed by atoms with E-state index < -0.39 is 5.97 Å². The van der Waals surface area contributed by atoms with E-state index >= 15 is 0 Å². The van der Waals surface area contributed by atoms with E-state index in [1.54, 1.807) is 7.05 Å². The van der Waals surface area contributed by atoms with Crippen LogP contribution in [0.15, 0.2) is 54.6 Å². The zero-order valence-electron chi connectivity index (χ0n) is 11.1. The van der Waals surface area contributed by atoms with Crippen LogP contribution in [-0.2, 0) is 16.1 Å². The molecule has 4 nitrogen and oxygen atoms in total. The molecule has 2 aromatic rings. The molecular formula is C16H15NO3. The maximum Gasteiger partial charge on any atom is 0.328 e. The van der Waals surface area contributed by atoms with E-state index in [1.807, 2.05) is 42.5 Å². The lowest BCUT2D eigenvalue weighted by atomic mass is 10.1. The number of amides is 1. The summed E-state index contributed by atoms with van der Waals surface area (Å²) in [7, 11) is 1.64. The summed E-state index contributed by atoms with van der Waals surface area (Å²) in [6.45, 7) is 0.438. The molecule has 20 heavy (non-hydrogen) atoms. The number of nitrogens with zero attached hydrogens (tertiary/aromatic N) is 1. The number of likely N-dealkylation sites (N-methyl/N-ethyl adjacent to an activating group) is 1. The fraction of sp³-hybridized carbons (Fsp3) is 0.125. The van der Waals surface area contributed by atoms with Crippen LogP contribution in [0.4, 0.5) is 0 Å². The third-order valence-corrected chi connectivity index (χ3v) is 2.98. The van der Waals surface area contributed by atoms with Gasteiger partial charge in [-0.25, -0.2) is 4.79 Å². The van der Waals surface area contributed by atoms with Crippen LogP contribution in [0.1, 0.15) is 5.56 Å². The van der Waals surface area contributed by atoms with Gasteiger partial charge in [0.05, 0.1) is 0 Å². The summed E-state index contributed by atoms with van der Waals surface area (Å²) in [5.41, 5.74) is 1.00. The molecule has 0 saturated heterocycles. The van der Waals surface area contributed by atoms with Gasteiger partial charge in [0, 0.05) is 25.7 Å². The smallest absolute Gasteiger partial charge is 0.328 e. The normalized spacial score (nSPS) is 10.8. The van der Waals surface area contributed by atoms with Gasteiger partial charge in [-0.05, 0) is 22.4 Å². The van der Waals surface area contributed by atoms with E-state index in [2.05, 4.69) is 0 Å². The number of carboxylic acids is 1. The second-order valence-corrected chi connectivity index (χ2v) is 4.55.